The van der Waals surface area contributed by atoms with Crippen molar-refractivity contribution in [2.75, 3.05) is 18.9 Å². The van der Waals surface area contributed by atoms with Crippen LogP contribution < -0.4 is 4.74 Å². The van der Waals surface area contributed by atoms with Crippen molar-refractivity contribution in [2.45, 2.75) is 38.6 Å². The summed E-state index contributed by atoms with van der Waals surface area (Å²) < 4.78 is 24.9. The highest BCUT2D eigenvalue weighted by Crippen LogP contribution is 2.31. The molecule has 4 nitrogen and oxygen atoms in total. The summed E-state index contributed by atoms with van der Waals surface area (Å²) in [5.41, 5.74) is 1.40. The number of benzene rings is 1. The molecule has 0 saturated heterocycles. The Morgan fingerprint density at radius 2 is 2.03 bits per heavy atom. The Labute approximate surface area is 180 Å². The minimum atomic E-state index is -0.356. The van der Waals surface area contributed by atoms with Crippen LogP contribution in [0, 0.1) is 11.7 Å². The quantitative estimate of drug-likeness (QED) is 0.553. The number of aromatic nitrogens is 1. The molecule has 1 aliphatic carbocycles. The van der Waals surface area contributed by atoms with Crippen molar-refractivity contribution in [3.8, 4) is 17.0 Å². The van der Waals surface area contributed by atoms with Crippen LogP contribution in [0.25, 0.3) is 11.3 Å². The second kappa shape index (κ2) is 9.35. The lowest BCUT2D eigenvalue weighted by molar-refractivity contribution is 0.158. The highest BCUT2D eigenvalue weighted by Gasteiger charge is 2.28. The van der Waals surface area contributed by atoms with Crippen LogP contribution in [0.1, 0.15) is 32.6 Å². The molecule has 1 aromatic heterocycles. The predicted octanol–water partition coefficient (Wildman–Crippen LogP) is 5.86. The molecular weight excluding hydrogens is 409 g/mol. The first kappa shape index (κ1) is 20.5. The summed E-state index contributed by atoms with van der Waals surface area (Å²) in [4.78, 5) is 6.69. The smallest absolute Gasteiger partial charge is 0.165 e. The molecule has 0 bridgehead atoms. The summed E-state index contributed by atoms with van der Waals surface area (Å²) >= 11 is 7.52. The van der Waals surface area contributed by atoms with Gasteiger partial charge in [0.05, 0.1) is 17.3 Å². The van der Waals surface area contributed by atoms with E-state index in [1.54, 1.807) is 36.3 Å². The first-order valence-electron chi connectivity index (χ1n) is 10.1. The molecule has 154 valence electrons. The molecule has 1 aromatic carbocycles. The fraction of sp³-hybridized carbons (Fsp3) is 0.455. The summed E-state index contributed by atoms with van der Waals surface area (Å²) in [5, 5.41) is 0.561. The van der Waals surface area contributed by atoms with Crippen molar-refractivity contribution < 1.29 is 9.13 Å². The molecule has 2 heterocycles. The van der Waals surface area contributed by atoms with E-state index in [9.17, 15) is 4.39 Å². The summed E-state index contributed by atoms with van der Waals surface area (Å²) in [6.07, 6.45) is 6.07. The number of pyridine rings is 1. The zero-order chi connectivity index (χ0) is 20.2. The van der Waals surface area contributed by atoms with Gasteiger partial charge in [-0.1, -0.05) is 11.6 Å². The van der Waals surface area contributed by atoms with E-state index < -0.39 is 0 Å². The van der Waals surface area contributed by atoms with Crippen molar-refractivity contribution in [3.05, 3.63) is 47.4 Å². The minimum Gasteiger partial charge on any atom is -0.490 e. The lowest BCUT2D eigenvalue weighted by atomic mass is 9.85. The van der Waals surface area contributed by atoms with Gasteiger partial charge in [-0.05, 0) is 80.8 Å². The van der Waals surface area contributed by atoms with E-state index in [4.69, 9.17) is 16.3 Å². The largest absolute Gasteiger partial charge is 0.490 e. The Hall–Kier alpha value is -1.79. The first-order valence-corrected chi connectivity index (χ1v) is 11.4. The number of amidine groups is 1. The van der Waals surface area contributed by atoms with Crippen LogP contribution in [0.15, 0.2) is 40.9 Å². The maximum atomic E-state index is 14.5. The third kappa shape index (κ3) is 5.04. The summed E-state index contributed by atoms with van der Waals surface area (Å²) in [5.74, 6) is 2.64. The number of hydrogen-bond acceptors (Lipinski definition) is 5. The molecule has 1 aliphatic heterocycles. The number of rotatable bonds is 5. The van der Waals surface area contributed by atoms with Crippen LogP contribution in [-0.4, -0.2) is 40.7 Å². The van der Waals surface area contributed by atoms with E-state index in [1.807, 2.05) is 6.07 Å². The molecule has 0 unspecified atom stereocenters. The molecule has 1 saturated carbocycles. The van der Waals surface area contributed by atoms with Crippen molar-refractivity contribution in [3.63, 3.8) is 0 Å². The molecule has 2 aromatic rings. The molecule has 2 aliphatic rings. The second-order valence-electron chi connectivity index (χ2n) is 7.66. The summed E-state index contributed by atoms with van der Waals surface area (Å²) in [7, 11) is 0. The first-order chi connectivity index (χ1) is 14.1. The standard InChI is InChI=1S/C22H25ClFN3OS/c1-15-26-29-11-10-27(15)19-6-2-16(3-7-19)14-28-22-9-4-17(12-20(22)24)21-8-5-18(23)13-25-21/h4-5,8-9,12-13,16,19H,2-3,6-7,10-11,14H2,1H3. The maximum Gasteiger partial charge on any atom is 0.165 e. The van der Waals surface area contributed by atoms with Crippen molar-refractivity contribution >= 4 is 29.4 Å². The Bertz CT molecular complexity index is 869. The lowest BCUT2D eigenvalue weighted by Crippen LogP contribution is -2.44. The molecule has 7 heteroatoms. The summed E-state index contributed by atoms with van der Waals surface area (Å²) in [6, 6.07) is 9.11. The van der Waals surface area contributed by atoms with E-state index in [0.29, 0.717) is 40.6 Å². The molecule has 0 atom stereocenters. The van der Waals surface area contributed by atoms with Crippen LogP contribution in [0.5, 0.6) is 5.75 Å². The average molecular weight is 434 g/mol. The summed E-state index contributed by atoms with van der Waals surface area (Å²) in [6.45, 7) is 3.75. The number of ether oxygens (including phenoxy) is 1. The predicted molar refractivity (Wildman–Crippen MR) is 118 cm³/mol. The van der Waals surface area contributed by atoms with Crippen LogP contribution in [0.3, 0.4) is 0 Å². The highest BCUT2D eigenvalue weighted by molar-refractivity contribution is 7.98. The third-order valence-electron chi connectivity index (χ3n) is 5.72. The van der Waals surface area contributed by atoms with Gasteiger partial charge in [-0.15, -0.1) is 0 Å². The van der Waals surface area contributed by atoms with Gasteiger partial charge in [0.2, 0.25) is 0 Å². The Morgan fingerprint density at radius 1 is 1.21 bits per heavy atom. The van der Waals surface area contributed by atoms with Crippen LogP contribution in [0.4, 0.5) is 4.39 Å². The monoisotopic (exact) mass is 433 g/mol. The van der Waals surface area contributed by atoms with Gasteiger partial charge in [0, 0.05) is 30.1 Å². The highest BCUT2D eigenvalue weighted by atomic mass is 35.5. The zero-order valence-electron chi connectivity index (χ0n) is 16.5. The van der Waals surface area contributed by atoms with E-state index in [1.165, 1.54) is 6.07 Å². The topological polar surface area (TPSA) is 37.7 Å². The Morgan fingerprint density at radius 3 is 2.72 bits per heavy atom. The number of hydrogen-bond donors (Lipinski definition) is 0. The van der Waals surface area contributed by atoms with Crippen LogP contribution >= 0.6 is 23.5 Å². The van der Waals surface area contributed by atoms with E-state index in [2.05, 4.69) is 21.2 Å². The average Bonchev–Trinajstić information content (AvgIpc) is 2.74. The third-order valence-corrected chi connectivity index (χ3v) is 6.70. The van der Waals surface area contributed by atoms with Crippen LogP contribution in [-0.2, 0) is 0 Å². The van der Waals surface area contributed by atoms with Crippen molar-refractivity contribution in [1.29, 1.82) is 0 Å². The molecule has 1 fully saturated rings. The maximum absolute atomic E-state index is 14.5. The zero-order valence-corrected chi connectivity index (χ0v) is 18.1. The van der Waals surface area contributed by atoms with Crippen molar-refractivity contribution in [2.24, 2.45) is 10.3 Å². The van der Waals surface area contributed by atoms with Gasteiger partial charge in [-0.25, -0.2) is 8.79 Å². The van der Waals surface area contributed by atoms with Gasteiger partial charge in [0.25, 0.3) is 0 Å². The SMILES string of the molecule is CC1=NSCCN1C1CCC(COc2ccc(-c3ccc(Cl)cn3)cc2F)CC1. The van der Waals surface area contributed by atoms with E-state index in [-0.39, 0.29) is 5.82 Å². The molecule has 0 amide bonds. The second-order valence-corrected chi connectivity index (χ2v) is 8.94. The van der Waals surface area contributed by atoms with Gasteiger partial charge in [-0.2, -0.15) is 0 Å². The Balaban J connectivity index is 1.30. The molecule has 0 spiro atoms. The van der Waals surface area contributed by atoms with Gasteiger partial charge < -0.3 is 9.64 Å². The fourth-order valence-corrected chi connectivity index (χ4v) is 4.87. The van der Waals surface area contributed by atoms with Gasteiger partial charge in [-0.3, -0.25) is 4.98 Å². The normalized spacial score (nSPS) is 22.3. The van der Waals surface area contributed by atoms with E-state index in [0.717, 1.165) is 43.8 Å². The van der Waals surface area contributed by atoms with Crippen molar-refractivity contribution in [1.82, 2.24) is 9.88 Å². The Kier molecular flexibility index (Phi) is 6.60. The van der Waals surface area contributed by atoms with Gasteiger partial charge in [0.15, 0.2) is 11.6 Å². The molecule has 4 rings (SSSR count). The number of halogens is 2. The number of nitrogens with zero attached hydrogens (tertiary/aromatic N) is 3. The van der Waals surface area contributed by atoms with Gasteiger partial charge >= 0.3 is 0 Å². The van der Waals surface area contributed by atoms with E-state index >= 15 is 0 Å². The molecular formula is C22H25ClFN3OS. The lowest BCUT2D eigenvalue weighted by Gasteiger charge is -2.39. The fourth-order valence-electron chi connectivity index (χ4n) is 4.09. The van der Waals surface area contributed by atoms with Crippen LogP contribution in [0.2, 0.25) is 5.02 Å². The molecule has 29 heavy (non-hydrogen) atoms. The molecule has 0 radical (unpaired) electrons. The van der Waals surface area contributed by atoms with Gasteiger partial charge in [0.1, 0.15) is 5.84 Å². The molecule has 0 N–H and O–H groups in total. The minimum absolute atomic E-state index is 0.306.